The summed E-state index contributed by atoms with van der Waals surface area (Å²) in [5.41, 5.74) is -0.0533. The second-order valence-electron chi connectivity index (χ2n) is 5.30. The van der Waals surface area contributed by atoms with Gasteiger partial charge in [-0.3, -0.25) is 4.79 Å². The highest BCUT2D eigenvalue weighted by atomic mass is 35.5. The number of nitrogens with zero attached hydrogens (tertiary/aromatic N) is 2. The van der Waals surface area contributed by atoms with Gasteiger partial charge in [-0.05, 0) is 32.3 Å². The molecule has 1 amide bonds. The average molecular weight is 271 g/mol. The van der Waals surface area contributed by atoms with E-state index in [-0.39, 0.29) is 5.91 Å². The fraction of sp³-hybridized carbons (Fsp3) is 0.615. The first-order valence-electron chi connectivity index (χ1n) is 6.22. The normalized spacial score (nSPS) is 25.0. The lowest BCUT2D eigenvalue weighted by Gasteiger charge is -2.22. The summed E-state index contributed by atoms with van der Waals surface area (Å²) >= 11 is 5.89. The lowest BCUT2D eigenvalue weighted by Crippen LogP contribution is -2.34. The Morgan fingerprint density at radius 2 is 2.17 bits per heavy atom. The average Bonchev–Trinajstić information content (AvgIpc) is 2.50. The smallest absolute Gasteiger partial charge is 0.270 e. The topological polar surface area (TPSA) is 45.5 Å². The molecule has 0 saturated carbocycles. The fourth-order valence-corrected chi connectivity index (χ4v) is 2.62. The number of carbonyl (C=O) groups excluding carboxylic acids is 1. The lowest BCUT2D eigenvalue weighted by molar-refractivity contribution is 0.0437. The molecule has 1 aliphatic heterocycles. The minimum Gasteiger partial charge on any atom is -0.390 e. The standard InChI is InChI=1S/C13H19ClN2O2/c1-13(18)4-3-6-16(7-5-13)12(17)11-8-10(14)9-15(11)2/h8-9,18H,3-7H2,1-2H3. The molecular formula is C13H19ClN2O2. The molecule has 0 aliphatic carbocycles. The van der Waals surface area contributed by atoms with E-state index < -0.39 is 5.60 Å². The van der Waals surface area contributed by atoms with Gasteiger partial charge in [0.05, 0.1) is 10.6 Å². The summed E-state index contributed by atoms with van der Waals surface area (Å²) in [6.45, 7) is 3.12. The number of likely N-dealkylation sites (tertiary alicyclic amines) is 1. The monoisotopic (exact) mass is 270 g/mol. The van der Waals surface area contributed by atoms with Crippen LogP contribution in [0.1, 0.15) is 36.7 Å². The van der Waals surface area contributed by atoms with Gasteiger partial charge in [-0.15, -0.1) is 0 Å². The van der Waals surface area contributed by atoms with Gasteiger partial charge in [0.15, 0.2) is 0 Å². The second-order valence-corrected chi connectivity index (χ2v) is 5.73. The van der Waals surface area contributed by atoms with E-state index in [2.05, 4.69) is 0 Å². The maximum atomic E-state index is 12.4. The van der Waals surface area contributed by atoms with Gasteiger partial charge >= 0.3 is 0 Å². The van der Waals surface area contributed by atoms with Gasteiger partial charge in [-0.25, -0.2) is 0 Å². The molecule has 0 bridgehead atoms. The predicted molar refractivity (Wildman–Crippen MR) is 70.8 cm³/mol. The highest BCUT2D eigenvalue weighted by Crippen LogP contribution is 2.23. The molecule has 0 spiro atoms. The van der Waals surface area contributed by atoms with E-state index in [0.29, 0.717) is 30.2 Å². The molecule has 100 valence electrons. The number of amides is 1. The van der Waals surface area contributed by atoms with E-state index in [1.54, 1.807) is 21.7 Å². The Morgan fingerprint density at radius 3 is 2.78 bits per heavy atom. The van der Waals surface area contributed by atoms with Crippen molar-refractivity contribution in [2.24, 2.45) is 7.05 Å². The van der Waals surface area contributed by atoms with E-state index in [9.17, 15) is 9.90 Å². The molecule has 1 unspecified atom stereocenters. The highest BCUT2D eigenvalue weighted by Gasteiger charge is 2.28. The largest absolute Gasteiger partial charge is 0.390 e. The Kier molecular flexibility index (Phi) is 3.69. The van der Waals surface area contributed by atoms with E-state index in [0.717, 1.165) is 12.8 Å². The van der Waals surface area contributed by atoms with E-state index in [1.807, 2.05) is 14.0 Å². The molecule has 2 rings (SSSR count). The summed E-state index contributed by atoms with van der Waals surface area (Å²) in [7, 11) is 1.81. The third kappa shape index (κ3) is 2.87. The van der Waals surface area contributed by atoms with Crippen molar-refractivity contribution in [3.8, 4) is 0 Å². The van der Waals surface area contributed by atoms with E-state index >= 15 is 0 Å². The quantitative estimate of drug-likeness (QED) is 0.849. The predicted octanol–water partition coefficient (Wildman–Crippen LogP) is 2.06. The number of aliphatic hydroxyl groups is 1. The summed E-state index contributed by atoms with van der Waals surface area (Å²) in [5.74, 6) is -0.0119. The van der Waals surface area contributed by atoms with Gasteiger partial charge in [-0.1, -0.05) is 11.6 Å². The van der Waals surface area contributed by atoms with E-state index in [4.69, 9.17) is 11.6 Å². The van der Waals surface area contributed by atoms with Gasteiger partial charge in [0.2, 0.25) is 0 Å². The Bertz CT molecular complexity index is 454. The molecule has 1 saturated heterocycles. The Hall–Kier alpha value is -1.00. The number of halogens is 1. The molecule has 1 aliphatic rings. The van der Waals surface area contributed by atoms with Gasteiger partial charge < -0.3 is 14.6 Å². The first kappa shape index (κ1) is 13.4. The first-order chi connectivity index (χ1) is 8.39. The molecule has 2 heterocycles. The maximum Gasteiger partial charge on any atom is 0.270 e. The van der Waals surface area contributed by atoms with Crippen LogP contribution in [0.25, 0.3) is 0 Å². The van der Waals surface area contributed by atoms with Crippen molar-refractivity contribution >= 4 is 17.5 Å². The van der Waals surface area contributed by atoms with Crippen molar-refractivity contribution in [2.45, 2.75) is 31.8 Å². The SMILES string of the molecule is Cn1cc(Cl)cc1C(=O)N1CCCC(C)(O)CC1. The van der Waals surface area contributed by atoms with Crippen LogP contribution in [0.4, 0.5) is 0 Å². The number of hydrogen-bond acceptors (Lipinski definition) is 2. The molecular weight excluding hydrogens is 252 g/mol. The van der Waals surface area contributed by atoms with E-state index in [1.165, 1.54) is 0 Å². The third-order valence-electron chi connectivity index (χ3n) is 3.54. The van der Waals surface area contributed by atoms with Gasteiger partial charge in [-0.2, -0.15) is 0 Å². The Balaban J connectivity index is 2.12. The van der Waals surface area contributed by atoms with Crippen LogP contribution < -0.4 is 0 Å². The van der Waals surface area contributed by atoms with Crippen LogP contribution in [-0.2, 0) is 7.05 Å². The second kappa shape index (κ2) is 4.94. The number of rotatable bonds is 1. The Morgan fingerprint density at radius 1 is 1.44 bits per heavy atom. The van der Waals surface area contributed by atoms with Crippen LogP contribution in [0.5, 0.6) is 0 Å². The van der Waals surface area contributed by atoms with Crippen molar-refractivity contribution in [2.75, 3.05) is 13.1 Å². The van der Waals surface area contributed by atoms with Crippen LogP contribution in [0.2, 0.25) is 5.02 Å². The fourth-order valence-electron chi connectivity index (χ4n) is 2.37. The van der Waals surface area contributed by atoms with Gasteiger partial charge in [0.1, 0.15) is 5.69 Å². The minimum atomic E-state index is -0.652. The van der Waals surface area contributed by atoms with Crippen LogP contribution >= 0.6 is 11.6 Å². The molecule has 5 heteroatoms. The molecule has 0 radical (unpaired) electrons. The molecule has 1 aromatic rings. The third-order valence-corrected chi connectivity index (χ3v) is 3.75. The van der Waals surface area contributed by atoms with Crippen molar-refractivity contribution in [3.05, 3.63) is 23.0 Å². The highest BCUT2D eigenvalue weighted by molar-refractivity contribution is 6.31. The molecule has 18 heavy (non-hydrogen) atoms. The molecule has 1 fully saturated rings. The number of hydrogen-bond donors (Lipinski definition) is 1. The summed E-state index contributed by atoms with van der Waals surface area (Å²) in [5, 5.41) is 10.6. The minimum absolute atomic E-state index is 0.0119. The van der Waals surface area contributed by atoms with Crippen LogP contribution in [0.15, 0.2) is 12.3 Å². The van der Waals surface area contributed by atoms with Crippen molar-refractivity contribution in [3.63, 3.8) is 0 Å². The van der Waals surface area contributed by atoms with Crippen molar-refractivity contribution < 1.29 is 9.90 Å². The zero-order valence-corrected chi connectivity index (χ0v) is 11.6. The number of aromatic nitrogens is 1. The lowest BCUT2D eigenvalue weighted by atomic mass is 9.98. The number of aryl methyl sites for hydroxylation is 1. The zero-order chi connectivity index (χ0) is 13.3. The van der Waals surface area contributed by atoms with Crippen LogP contribution in [0, 0.1) is 0 Å². The zero-order valence-electron chi connectivity index (χ0n) is 10.8. The van der Waals surface area contributed by atoms with Gasteiger partial charge in [0.25, 0.3) is 5.91 Å². The molecule has 0 aromatic carbocycles. The van der Waals surface area contributed by atoms with Crippen molar-refractivity contribution in [1.29, 1.82) is 0 Å². The van der Waals surface area contributed by atoms with Crippen LogP contribution in [-0.4, -0.2) is 39.2 Å². The first-order valence-corrected chi connectivity index (χ1v) is 6.60. The summed E-state index contributed by atoms with van der Waals surface area (Å²) in [6, 6.07) is 1.69. The van der Waals surface area contributed by atoms with Gasteiger partial charge in [0, 0.05) is 26.3 Å². The van der Waals surface area contributed by atoms with Crippen molar-refractivity contribution in [1.82, 2.24) is 9.47 Å². The molecule has 1 N–H and O–H groups in total. The molecule has 4 nitrogen and oxygen atoms in total. The molecule has 1 atom stereocenters. The summed E-state index contributed by atoms with van der Waals surface area (Å²) in [4.78, 5) is 14.2. The summed E-state index contributed by atoms with van der Waals surface area (Å²) in [6.07, 6.45) is 3.92. The Labute approximate surface area is 112 Å². The van der Waals surface area contributed by atoms with Crippen LogP contribution in [0.3, 0.4) is 0 Å². The molecule has 1 aromatic heterocycles. The number of carbonyl (C=O) groups is 1. The maximum absolute atomic E-state index is 12.4. The summed E-state index contributed by atoms with van der Waals surface area (Å²) < 4.78 is 1.74.